The molecule has 4 nitrogen and oxygen atoms in total. The van der Waals surface area contributed by atoms with Crippen molar-refractivity contribution in [2.24, 2.45) is 0 Å². The molecule has 0 aliphatic carbocycles. The Balaban J connectivity index is 1.61. The summed E-state index contributed by atoms with van der Waals surface area (Å²) >= 11 is 5.97. The van der Waals surface area contributed by atoms with Crippen LogP contribution in [0, 0.1) is 13.8 Å². The number of nitrogens with zero attached hydrogens (tertiary/aromatic N) is 2. The highest BCUT2D eigenvalue weighted by molar-refractivity contribution is 6.30. The number of aromatic amines is 1. The molecule has 4 rings (SSSR count). The molecule has 0 unspecified atom stereocenters. The maximum Gasteiger partial charge on any atom is 0.254 e. The topological polar surface area (TPSA) is 49.0 Å². The molecule has 138 valence electrons. The van der Waals surface area contributed by atoms with Crippen molar-refractivity contribution >= 4 is 11.6 Å². The predicted molar refractivity (Wildman–Crippen MR) is 109 cm³/mol. The van der Waals surface area contributed by atoms with Crippen LogP contribution >= 0.6 is 11.6 Å². The zero-order valence-electron chi connectivity index (χ0n) is 15.6. The second kappa shape index (κ2) is 7.29. The van der Waals surface area contributed by atoms with E-state index in [2.05, 4.69) is 41.9 Å². The molecule has 2 aromatic carbocycles. The Morgan fingerprint density at radius 2 is 1.93 bits per heavy atom. The lowest BCUT2D eigenvalue weighted by atomic mass is 10.0. The number of hydrogen-bond donors (Lipinski definition) is 1. The molecule has 5 heteroatoms. The van der Waals surface area contributed by atoms with Crippen molar-refractivity contribution < 1.29 is 0 Å². The first-order chi connectivity index (χ1) is 13.0. The van der Waals surface area contributed by atoms with Crippen LogP contribution in [0.25, 0.3) is 11.4 Å². The third-order valence-electron chi connectivity index (χ3n) is 5.16. The fourth-order valence-electron chi connectivity index (χ4n) is 3.64. The molecule has 1 aromatic heterocycles. The summed E-state index contributed by atoms with van der Waals surface area (Å²) < 4.78 is 0. The molecule has 0 radical (unpaired) electrons. The molecule has 0 atom stereocenters. The maximum absolute atomic E-state index is 12.5. The van der Waals surface area contributed by atoms with Crippen molar-refractivity contribution in [3.8, 4) is 11.4 Å². The average Bonchev–Trinajstić information content (AvgIpc) is 2.64. The highest BCUT2D eigenvalue weighted by Crippen LogP contribution is 2.22. The van der Waals surface area contributed by atoms with Crippen LogP contribution < -0.4 is 5.56 Å². The van der Waals surface area contributed by atoms with E-state index in [1.165, 1.54) is 16.7 Å². The van der Waals surface area contributed by atoms with Gasteiger partial charge in [-0.3, -0.25) is 9.69 Å². The molecule has 2 heterocycles. The van der Waals surface area contributed by atoms with Crippen LogP contribution in [0.15, 0.2) is 47.3 Å². The number of H-pyrrole nitrogens is 1. The number of fused-ring (bicyclic) bond motifs is 1. The molecule has 3 aromatic rings. The van der Waals surface area contributed by atoms with Crippen LogP contribution in [0.4, 0.5) is 0 Å². The van der Waals surface area contributed by atoms with Crippen LogP contribution in [-0.2, 0) is 19.5 Å². The number of halogens is 1. The molecule has 0 spiro atoms. The van der Waals surface area contributed by atoms with Gasteiger partial charge < -0.3 is 4.98 Å². The highest BCUT2D eigenvalue weighted by atomic mass is 35.5. The molecule has 1 aliphatic rings. The minimum atomic E-state index is -0.0314. The fraction of sp³-hybridized carbons (Fsp3) is 0.273. The minimum absolute atomic E-state index is 0.0314. The summed E-state index contributed by atoms with van der Waals surface area (Å²) in [5, 5.41) is 0.665. The molecular formula is C22H22ClN3O. The lowest BCUT2D eigenvalue weighted by Gasteiger charge is -2.28. The normalized spacial score (nSPS) is 14.2. The molecule has 1 aliphatic heterocycles. The third-order valence-corrected chi connectivity index (χ3v) is 5.41. The van der Waals surface area contributed by atoms with Crippen molar-refractivity contribution in [2.75, 3.05) is 6.54 Å². The Hall–Kier alpha value is -2.43. The lowest BCUT2D eigenvalue weighted by Crippen LogP contribution is -2.35. The van der Waals surface area contributed by atoms with Gasteiger partial charge in [0.15, 0.2) is 0 Å². The van der Waals surface area contributed by atoms with E-state index in [9.17, 15) is 4.79 Å². The Labute approximate surface area is 163 Å². The summed E-state index contributed by atoms with van der Waals surface area (Å²) in [4.78, 5) is 22.6. The Kier molecular flexibility index (Phi) is 4.85. The average molecular weight is 380 g/mol. The van der Waals surface area contributed by atoms with Gasteiger partial charge in [0.25, 0.3) is 5.56 Å². The van der Waals surface area contributed by atoms with Gasteiger partial charge in [-0.1, -0.05) is 35.4 Å². The van der Waals surface area contributed by atoms with Gasteiger partial charge in [-0.15, -0.1) is 0 Å². The zero-order chi connectivity index (χ0) is 19.0. The summed E-state index contributed by atoms with van der Waals surface area (Å²) in [5.41, 5.74) is 6.43. The van der Waals surface area contributed by atoms with Gasteiger partial charge >= 0.3 is 0 Å². The number of benzene rings is 2. The van der Waals surface area contributed by atoms with Gasteiger partial charge in [-0.05, 0) is 55.7 Å². The summed E-state index contributed by atoms with van der Waals surface area (Å²) in [5.74, 6) is 0.601. The van der Waals surface area contributed by atoms with Crippen LogP contribution in [0.5, 0.6) is 0 Å². The van der Waals surface area contributed by atoms with Gasteiger partial charge in [0.1, 0.15) is 5.82 Å². The SMILES string of the molecule is Cc1ccc(CN2CCc3c(nc(-c4ccc(Cl)cc4)[nH]c3=O)C2)c(C)c1. The van der Waals surface area contributed by atoms with Crippen LogP contribution in [0.3, 0.4) is 0 Å². The van der Waals surface area contributed by atoms with E-state index in [4.69, 9.17) is 16.6 Å². The first-order valence-electron chi connectivity index (χ1n) is 9.16. The van der Waals surface area contributed by atoms with E-state index < -0.39 is 0 Å². The van der Waals surface area contributed by atoms with Gasteiger partial charge in [-0.2, -0.15) is 0 Å². The third kappa shape index (κ3) is 3.82. The van der Waals surface area contributed by atoms with Gasteiger partial charge in [0, 0.05) is 35.8 Å². The van der Waals surface area contributed by atoms with Gasteiger partial charge in [-0.25, -0.2) is 4.98 Å². The predicted octanol–water partition coefficient (Wildman–Crippen LogP) is 4.27. The van der Waals surface area contributed by atoms with E-state index in [0.29, 0.717) is 17.4 Å². The quantitative estimate of drug-likeness (QED) is 0.739. The number of aryl methyl sites for hydroxylation is 2. The van der Waals surface area contributed by atoms with Gasteiger partial charge in [0.2, 0.25) is 0 Å². The monoisotopic (exact) mass is 379 g/mol. The molecule has 0 fully saturated rings. The van der Waals surface area contributed by atoms with Crippen LogP contribution in [0.1, 0.15) is 27.9 Å². The molecule has 27 heavy (non-hydrogen) atoms. The highest BCUT2D eigenvalue weighted by Gasteiger charge is 2.21. The standard InChI is InChI=1S/C22H22ClN3O/c1-14-3-4-17(15(2)11-14)12-26-10-9-19-20(13-26)24-21(25-22(19)27)16-5-7-18(23)8-6-16/h3-8,11H,9-10,12-13H2,1-2H3,(H,24,25,27). The van der Waals surface area contributed by atoms with Crippen molar-refractivity contribution in [3.05, 3.63) is 85.8 Å². The van der Waals surface area contributed by atoms with E-state index in [0.717, 1.165) is 36.3 Å². The van der Waals surface area contributed by atoms with Crippen molar-refractivity contribution in [1.29, 1.82) is 0 Å². The molecule has 0 bridgehead atoms. The Morgan fingerprint density at radius 1 is 1.15 bits per heavy atom. The molecule has 1 N–H and O–H groups in total. The largest absolute Gasteiger partial charge is 0.306 e. The number of rotatable bonds is 3. The van der Waals surface area contributed by atoms with Crippen LogP contribution in [-0.4, -0.2) is 21.4 Å². The fourth-order valence-corrected chi connectivity index (χ4v) is 3.76. The molecule has 0 saturated carbocycles. The number of aromatic nitrogens is 2. The number of hydrogen-bond acceptors (Lipinski definition) is 3. The molecular weight excluding hydrogens is 358 g/mol. The summed E-state index contributed by atoms with van der Waals surface area (Å²) in [6, 6.07) is 13.9. The van der Waals surface area contributed by atoms with E-state index >= 15 is 0 Å². The second-order valence-electron chi connectivity index (χ2n) is 7.24. The Morgan fingerprint density at radius 3 is 2.67 bits per heavy atom. The van der Waals surface area contributed by atoms with E-state index in [1.807, 2.05) is 24.3 Å². The van der Waals surface area contributed by atoms with E-state index in [-0.39, 0.29) is 5.56 Å². The smallest absolute Gasteiger partial charge is 0.254 e. The summed E-state index contributed by atoms with van der Waals surface area (Å²) in [7, 11) is 0. The van der Waals surface area contributed by atoms with Gasteiger partial charge in [0.05, 0.1) is 5.69 Å². The molecule has 0 saturated heterocycles. The first-order valence-corrected chi connectivity index (χ1v) is 9.54. The molecule has 0 amide bonds. The van der Waals surface area contributed by atoms with E-state index in [1.54, 1.807) is 0 Å². The minimum Gasteiger partial charge on any atom is -0.306 e. The summed E-state index contributed by atoms with van der Waals surface area (Å²) in [6.45, 7) is 6.69. The second-order valence-corrected chi connectivity index (χ2v) is 7.67. The number of nitrogens with one attached hydrogen (secondary N) is 1. The van der Waals surface area contributed by atoms with Crippen LogP contribution in [0.2, 0.25) is 5.02 Å². The Bertz CT molecular complexity index is 1040. The maximum atomic E-state index is 12.5. The van der Waals surface area contributed by atoms with Crippen molar-refractivity contribution in [2.45, 2.75) is 33.4 Å². The summed E-state index contributed by atoms with van der Waals surface area (Å²) in [6.07, 6.45) is 0.726. The van der Waals surface area contributed by atoms with Crippen molar-refractivity contribution in [3.63, 3.8) is 0 Å². The lowest BCUT2D eigenvalue weighted by molar-refractivity contribution is 0.240. The van der Waals surface area contributed by atoms with Crippen molar-refractivity contribution in [1.82, 2.24) is 14.9 Å². The zero-order valence-corrected chi connectivity index (χ0v) is 16.3. The first kappa shape index (κ1) is 18.0.